The van der Waals surface area contributed by atoms with E-state index in [0.717, 1.165) is 15.9 Å². The first-order valence-electron chi connectivity index (χ1n) is 14.7. The molecule has 1 saturated carbocycles. The SMILES string of the molecule is N#Cc1ccnc(N2C(=O)CCC2C(=O)N(c2ccc(-c3ccncc3)c(F)c2)[C@H](C(=O)NC2CC(F)(F)C2)c2ccccc2Cl)c1. The number of carbonyl (C=O) groups excluding carboxylic acids is 3. The van der Waals surface area contributed by atoms with Crippen LogP contribution in [0.4, 0.5) is 24.7 Å². The van der Waals surface area contributed by atoms with Crippen LogP contribution in [0.5, 0.6) is 0 Å². The number of anilines is 2. The predicted molar refractivity (Wildman–Crippen MR) is 167 cm³/mol. The number of halogens is 4. The van der Waals surface area contributed by atoms with Gasteiger partial charge in [0.05, 0.1) is 11.6 Å². The van der Waals surface area contributed by atoms with Gasteiger partial charge in [0.25, 0.3) is 11.8 Å². The number of carbonyl (C=O) groups is 3. The molecule has 2 atom stereocenters. The van der Waals surface area contributed by atoms with Gasteiger partial charge in [-0.3, -0.25) is 29.2 Å². The van der Waals surface area contributed by atoms with E-state index in [4.69, 9.17) is 11.6 Å². The van der Waals surface area contributed by atoms with Gasteiger partial charge < -0.3 is 5.32 Å². The van der Waals surface area contributed by atoms with Crippen LogP contribution in [0.3, 0.4) is 0 Å². The molecular weight excluding hydrogens is 633 g/mol. The summed E-state index contributed by atoms with van der Waals surface area (Å²) in [5, 5.41) is 12.1. The second-order valence-corrected chi connectivity index (χ2v) is 11.7. The largest absolute Gasteiger partial charge is 0.351 e. The number of nitrogens with one attached hydrogen (secondary N) is 1. The highest BCUT2D eigenvalue weighted by molar-refractivity contribution is 6.31. The number of nitriles is 1. The molecule has 13 heteroatoms. The highest BCUT2D eigenvalue weighted by Crippen LogP contribution is 2.40. The first kappa shape index (κ1) is 31.7. The molecule has 47 heavy (non-hydrogen) atoms. The third-order valence-electron chi connectivity index (χ3n) is 8.22. The number of hydrogen-bond acceptors (Lipinski definition) is 6. The van der Waals surface area contributed by atoms with Crippen molar-refractivity contribution in [3.05, 3.63) is 107 Å². The molecule has 6 rings (SSSR count). The number of rotatable bonds is 8. The van der Waals surface area contributed by atoms with Crippen LogP contribution in [0.15, 0.2) is 85.3 Å². The van der Waals surface area contributed by atoms with Crippen LogP contribution in [-0.4, -0.2) is 45.7 Å². The number of alkyl halides is 2. The topological polar surface area (TPSA) is 119 Å². The average Bonchev–Trinajstić information content (AvgIpc) is 3.44. The molecule has 0 spiro atoms. The Morgan fingerprint density at radius 2 is 1.81 bits per heavy atom. The van der Waals surface area contributed by atoms with Gasteiger partial charge in [-0.15, -0.1) is 0 Å². The molecular formula is C34H26ClF3N6O3. The zero-order chi connectivity index (χ0) is 33.3. The van der Waals surface area contributed by atoms with Gasteiger partial charge in [0.2, 0.25) is 11.8 Å². The van der Waals surface area contributed by atoms with Crippen molar-refractivity contribution in [3.63, 3.8) is 0 Å². The highest BCUT2D eigenvalue weighted by Gasteiger charge is 2.48. The molecule has 9 nitrogen and oxygen atoms in total. The van der Waals surface area contributed by atoms with Crippen molar-refractivity contribution in [1.82, 2.24) is 15.3 Å². The molecule has 1 saturated heterocycles. The van der Waals surface area contributed by atoms with Crippen LogP contribution in [0.1, 0.15) is 42.9 Å². The number of benzene rings is 2. The van der Waals surface area contributed by atoms with Gasteiger partial charge in [-0.05, 0) is 60.5 Å². The summed E-state index contributed by atoms with van der Waals surface area (Å²) in [6, 6.07) is 14.6. The fourth-order valence-electron chi connectivity index (χ4n) is 5.95. The molecule has 1 N–H and O–H groups in total. The predicted octanol–water partition coefficient (Wildman–Crippen LogP) is 5.99. The van der Waals surface area contributed by atoms with E-state index in [-0.39, 0.29) is 46.1 Å². The average molecular weight is 659 g/mol. The second kappa shape index (κ2) is 12.8. The molecule has 0 radical (unpaired) electrons. The van der Waals surface area contributed by atoms with Gasteiger partial charge in [0.1, 0.15) is 23.7 Å². The van der Waals surface area contributed by atoms with Gasteiger partial charge in [-0.1, -0.05) is 29.8 Å². The van der Waals surface area contributed by atoms with Gasteiger partial charge >= 0.3 is 0 Å². The first-order valence-corrected chi connectivity index (χ1v) is 15.1. The van der Waals surface area contributed by atoms with Crippen LogP contribution in [0.25, 0.3) is 11.1 Å². The molecule has 3 amide bonds. The second-order valence-electron chi connectivity index (χ2n) is 11.3. The van der Waals surface area contributed by atoms with Gasteiger partial charge in [0.15, 0.2) is 0 Å². The monoisotopic (exact) mass is 658 g/mol. The first-order chi connectivity index (χ1) is 22.6. The lowest BCUT2D eigenvalue weighted by Gasteiger charge is -2.39. The lowest BCUT2D eigenvalue weighted by molar-refractivity contribution is -0.133. The zero-order valence-electron chi connectivity index (χ0n) is 24.6. The summed E-state index contributed by atoms with van der Waals surface area (Å²) in [6.07, 6.45) is 3.16. The van der Waals surface area contributed by atoms with Crippen LogP contribution in [0, 0.1) is 17.1 Å². The summed E-state index contributed by atoms with van der Waals surface area (Å²) in [6.45, 7) is 0. The zero-order valence-corrected chi connectivity index (χ0v) is 25.4. The molecule has 3 heterocycles. The Morgan fingerprint density at radius 1 is 1.06 bits per heavy atom. The number of amides is 3. The van der Waals surface area contributed by atoms with E-state index in [1.807, 2.05) is 6.07 Å². The minimum Gasteiger partial charge on any atom is -0.351 e. The van der Waals surface area contributed by atoms with E-state index < -0.39 is 60.4 Å². The van der Waals surface area contributed by atoms with Gasteiger partial charge in [0, 0.05) is 65.7 Å². The summed E-state index contributed by atoms with van der Waals surface area (Å²) in [5.41, 5.74) is 1.04. The van der Waals surface area contributed by atoms with Crippen molar-refractivity contribution in [3.8, 4) is 17.2 Å². The maximum atomic E-state index is 15.9. The molecule has 1 unspecified atom stereocenters. The molecule has 1 aliphatic heterocycles. The van der Waals surface area contributed by atoms with Crippen molar-refractivity contribution in [2.45, 2.75) is 49.7 Å². The Kier molecular flexibility index (Phi) is 8.66. The van der Waals surface area contributed by atoms with Gasteiger partial charge in [-0.2, -0.15) is 5.26 Å². The number of nitrogens with zero attached hydrogens (tertiary/aromatic N) is 5. The molecule has 4 aromatic rings. The normalized spacial score (nSPS) is 17.8. The fourth-order valence-corrected chi connectivity index (χ4v) is 6.19. The Balaban J connectivity index is 1.48. The van der Waals surface area contributed by atoms with Crippen molar-refractivity contribution in [2.24, 2.45) is 0 Å². The Labute approximate surface area is 272 Å². The smallest absolute Gasteiger partial charge is 0.252 e. The fraction of sp³-hybridized carbons (Fsp3) is 0.235. The van der Waals surface area contributed by atoms with Crippen molar-refractivity contribution in [2.75, 3.05) is 9.80 Å². The molecule has 0 bridgehead atoms. The molecule has 238 valence electrons. The third kappa shape index (κ3) is 6.39. The van der Waals surface area contributed by atoms with Crippen molar-refractivity contribution >= 4 is 40.8 Å². The molecule has 2 aliphatic rings. The number of pyridine rings is 2. The van der Waals surface area contributed by atoms with E-state index in [1.54, 1.807) is 24.3 Å². The molecule has 2 aromatic heterocycles. The van der Waals surface area contributed by atoms with E-state index in [1.165, 1.54) is 55.0 Å². The van der Waals surface area contributed by atoms with Crippen molar-refractivity contribution in [1.29, 1.82) is 5.26 Å². The van der Waals surface area contributed by atoms with Crippen LogP contribution in [-0.2, 0) is 14.4 Å². The number of aromatic nitrogens is 2. The maximum absolute atomic E-state index is 15.9. The van der Waals surface area contributed by atoms with Gasteiger partial charge in [-0.25, -0.2) is 18.2 Å². The standard InChI is InChI=1S/C34H26ClF3N6O3/c35-26-4-2-1-3-25(26)31(32(46)42-22-17-34(37,38)18-22)43(23-5-6-24(27(36)16-23)21-10-12-40-13-11-21)33(47)28-7-8-30(45)44(28)29-15-20(19-39)9-14-41-29/h1-6,9-16,22,28,31H,7-8,17-18H2,(H,42,46)/t28?,31-/m0/s1. The Bertz CT molecular complexity index is 1900. The maximum Gasteiger partial charge on any atom is 0.252 e. The van der Waals surface area contributed by atoms with E-state index >= 15 is 4.39 Å². The van der Waals surface area contributed by atoms with Crippen molar-refractivity contribution < 1.29 is 27.6 Å². The summed E-state index contributed by atoms with van der Waals surface area (Å²) in [5.74, 6) is -5.62. The molecule has 2 aromatic carbocycles. The summed E-state index contributed by atoms with van der Waals surface area (Å²) in [7, 11) is 0. The summed E-state index contributed by atoms with van der Waals surface area (Å²) in [4.78, 5) is 52.4. The summed E-state index contributed by atoms with van der Waals surface area (Å²) >= 11 is 6.58. The van der Waals surface area contributed by atoms with Crippen LogP contribution >= 0.6 is 11.6 Å². The minimum absolute atomic E-state index is 0.0237. The molecule has 1 aliphatic carbocycles. The van der Waals surface area contributed by atoms with E-state index in [2.05, 4.69) is 15.3 Å². The minimum atomic E-state index is -2.94. The van der Waals surface area contributed by atoms with E-state index in [0.29, 0.717) is 5.56 Å². The molecule has 2 fully saturated rings. The Morgan fingerprint density at radius 3 is 2.49 bits per heavy atom. The van der Waals surface area contributed by atoms with Crippen LogP contribution < -0.4 is 15.1 Å². The lowest BCUT2D eigenvalue weighted by Crippen LogP contribution is -2.56. The number of hydrogen-bond donors (Lipinski definition) is 1. The quantitative estimate of drug-likeness (QED) is 0.248. The summed E-state index contributed by atoms with van der Waals surface area (Å²) < 4.78 is 43.4. The third-order valence-corrected chi connectivity index (χ3v) is 8.57. The highest BCUT2D eigenvalue weighted by atomic mass is 35.5. The Hall–Kier alpha value is -5.28. The van der Waals surface area contributed by atoms with Crippen LogP contribution in [0.2, 0.25) is 5.02 Å². The van der Waals surface area contributed by atoms with E-state index in [9.17, 15) is 28.4 Å². The lowest BCUT2D eigenvalue weighted by atomic mass is 9.87.